The van der Waals surface area contributed by atoms with Crippen molar-refractivity contribution in [2.45, 2.75) is 0 Å². The summed E-state index contributed by atoms with van der Waals surface area (Å²) >= 11 is 7.20. The van der Waals surface area contributed by atoms with Crippen molar-refractivity contribution in [2.75, 3.05) is 0 Å². The van der Waals surface area contributed by atoms with E-state index in [1.807, 2.05) is 0 Å². The van der Waals surface area contributed by atoms with E-state index in [1.165, 1.54) is 49.7 Å². The SMILES string of the molecule is N#Cc1c(-c2ccc3sc4ccccc4c3c2)c(-n2c3ccccc3c3ccccc32)c(-c2ccccc2)c(-n2c3ccccc3c3cc(-c4ccc5c(c4)c4ccccc4n5-c4c(-c5cccc6c5sc5ccccc56)c(C#N)c(-c5cccc6c5sc5ccccc56)c(-n5c6ccccc6c6ccccc65)c4-c4ccccc4)ccc32)c1-c1ccc2sc3ccccc3c2c1. The van der Waals surface area contributed by atoms with Crippen molar-refractivity contribution >= 4 is 213 Å². The average Bonchev–Trinajstić information content (AvgIpc) is 1.48. The minimum atomic E-state index is 0.571. The monoisotopic (exact) mass is 1740 g/mol. The molecule has 0 amide bonds. The summed E-state index contributed by atoms with van der Waals surface area (Å²) in [7, 11) is 0. The zero-order valence-electron chi connectivity index (χ0n) is 70.6. The van der Waals surface area contributed by atoms with E-state index in [4.69, 9.17) is 0 Å². The van der Waals surface area contributed by atoms with Gasteiger partial charge in [-0.3, -0.25) is 0 Å². The van der Waals surface area contributed by atoms with Crippen LogP contribution in [0.25, 0.3) is 269 Å². The van der Waals surface area contributed by atoms with Crippen LogP contribution in [-0.4, -0.2) is 18.3 Å². The molecule has 8 aromatic heterocycles. The Morgan fingerprint density at radius 3 is 0.765 bits per heavy atom. The zero-order valence-corrected chi connectivity index (χ0v) is 73.8. The summed E-state index contributed by atoms with van der Waals surface area (Å²) in [5.74, 6) is 0. The fraction of sp³-hybridized carbons (Fsp3) is 0. The maximum atomic E-state index is 13.2. The van der Waals surface area contributed by atoms with Gasteiger partial charge in [-0.1, -0.05) is 303 Å². The molecule has 8 heterocycles. The van der Waals surface area contributed by atoms with Gasteiger partial charge in [-0.05, 0) is 143 Å². The normalized spacial score (nSPS) is 12.1. The summed E-state index contributed by atoms with van der Waals surface area (Å²) in [6, 6.07) is 158. The second-order valence-electron chi connectivity index (χ2n) is 34.4. The number of hydrogen-bond acceptors (Lipinski definition) is 6. The molecule has 0 saturated carbocycles. The molecule has 0 fully saturated rings. The van der Waals surface area contributed by atoms with Gasteiger partial charge in [-0.25, -0.2) is 0 Å². The van der Waals surface area contributed by atoms with Gasteiger partial charge in [0.1, 0.15) is 12.1 Å². The standard InChI is InChI=1S/C122H68N6S4/c123-69-95-111(75-59-63-109-93(67-75)85-41-15-23-53-105(85)129-109)117(125-97-47-17-7-33-77(97)78-34-8-18-48-98(78)125)113(71-29-3-1-4-30-71)118(112(95)76-60-64-110-94(68-76)86-42-16-24-54-106(86)130-110)127-101-51-21-11-37-81(101)91-65-73(57-61-103(91)127)74-58-62-104-92(66-74)82-38-12-22-52-102(82)128(104)120-114(72-31-5-2-6-32-72)119(126-99-49-19-9-35-79(99)80-36-10-20-50-100(80)126)115(89-45-27-43-87-83-39-13-25-55-107(83)131-121(87)89)96(70-124)116(120)90-46-28-44-88-84-40-14-26-56-108(84)132-122(88)90/h1-68H. The molecule has 0 unspecified atom stereocenters. The largest absolute Gasteiger partial charge is 0.308 e. The number of rotatable bonds is 11. The second kappa shape index (κ2) is 29.0. The average molecular weight is 1750 g/mol. The van der Waals surface area contributed by atoms with Crippen molar-refractivity contribution < 1.29 is 0 Å². The molecular weight excluding hydrogens is 1680 g/mol. The fourth-order valence-corrected chi connectivity index (χ4v) is 26.8. The third-order valence-electron chi connectivity index (χ3n) is 27.7. The zero-order chi connectivity index (χ0) is 86.7. The fourth-order valence-electron chi connectivity index (χ4n) is 22.2. The van der Waals surface area contributed by atoms with Crippen LogP contribution in [-0.2, 0) is 0 Å². The number of hydrogen-bond donors (Lipinski definition) is 0. The lowest BCUT2D eigenvalue weighted by atomic mass is 9.83. The molecule has 10 heteroatoms. The maximum absolute atomic E-state index is 13.2. The van der Waals surface area contributed by atoms with Gasteiger partial charge in [0.15, 0.2) is 0 Å². The Kier molecular flexibility index (Phi) is 16.4. The maximum Gasteiger partial charge on any atom is 0.101 e. The molecule has 20 aromatic carbocycles. The predicted molar refractivity (Wildman–Crippen MR) is 563 cm³/mol. The van der Waals surface area contributed by atoms with Crippen molar-refractivity contribution in [3.8, 4) is 113 Å². The Labute approximate surface area is 772 Å². The first-order valence-corrected chi connectivity index (χ1v) is 47.8. The molecule has 610 valence electrons. The van der Waals surface area contributed by atoms with Gasteiger partial charge in [0.2, 0.25) is 0 Å². The number of nitrogens with zero attached hydrogens (tertiary/aromatic N) is 6. The van der Waals surface area contributed by atoms with Crippen LogP contribution in [0.5, 0.6) is 0 Å². The minimum absolute atomic E-state index is 0.571. The van der Waals surface area contributed by atoms with E-state index in [1.54, 1.807) is 45.3 Å². The molecule has 0 aliphatic carbocycles. The van der Waals surface area contributed by atoms with E-state index < -0.39 is 0 Å². The molecule has 0 aliphatic rings. The van der Waals surface area contributed by atoms with Crippen LogP contribution in [0.1, 0.15) is 11.1 Å². The van der Waals surface area contributed by atoms with Crippen molar-refractivity contribution in [1.82, 2.24) is 18.3 Å². The molecule has 0 atom stereocenters. The van der Waals surface area contributed by atoms with Gasteiger partial charge >= 0.3 is 0 Å². The molecule has 0 saturated heterocycles. The van der Waals surface area contributed by atoms with E-state index >= 15 is 0 Å². The van der Waals surface area contributed by atoms with E-state index in [-0.39, 0.29) is 0 Å². The van der Waals surface area contributed by atoms with E-state index in [9.17, 15) is 10.5 Å². The molecule has 28 rings (SSSR count). The highest BCUT2D eigenvalue weighted by molar-refractivity contribution is 7.27. The molecule has 6 nitrogen and oxygen atoms in total. The van der Waals surface area contributed by atoms with E-state index in [2.05, 4.69) is 443 Å². The number of aromatic nitrogens is 4. The quantitative estimate of drug-likeness (QED) is 0.129. The number of fused-ring (bicyclic) bond motifs is 24. The van der Waals surface area contributed by atoms with Gasteiger partial charge in [0.25, 0.3) is 0 Å². The van der Waals surface area contributed by atoms with Crippen LogP contribution in [0, 0.1) is 22.7 Å². The van der Waals surface area contributed by atoms with Crippen LogP contribution in [0.4, 0.5) is 0 Å². The number of thiophene rings is 4. The van der Waals surface area contributed by atoms with Crippen molar-refractivity contribution in [3.63, 3.8) is 0 Å². The van der Waals surface area contributed by atoms with E-state index in [0.29, 0.717) is 11.1 Å². The molecule has 0 bridgehead atoms. The van der Waals surface area contributed by atoms with Gasteiger partial charge in [-0.15, -0.1) is 45.3 Å². The summed E-state index contributed by atoms with van der Waals surface area (Å²) in [5.41, 5.74) is 26.3. The third kappa shape index (κ3) is 10.7. The minimum Gasteiger partial charge on any atom is -0.308 e. The molecule has 132 heavy (non-hydrogen) atoms. The highest BCUT2D eigenvalue weighted by Gasteiger charge is 2.37. The molecule has 28 aromatic rings. The molecular formula is C122H68N6S4. The summed E-state index contributed by atoms with van der Waals surface area (Å²) in [5, 5.41) is 44.4. The highest BCUT2D eigenvalue weighted by Crippen LogP contribution is 2.59. The molecule has 0 radical (unpaired) electrons. The Morgan fingerprint density at radius 1 is 0.167 bits per heavy atom. The van der Waals surface area contributed by atoms with Crippen LogP contribution < -0.4 is 0 Å². The summed E-state index contributed by atoms with van der Waals surface area (Å²) in [6.07, 6.45) is 0. The van der Waals surface area contributed by atoms with Crippen molar-refractivity contribution in [1.29, 1.82) is 10.5 Å². The number of nitriles is 2. The first kappa shape index (κ1) is 74.5. The lowest BCUT2D eigenvalue weighted by Gasteiger charge is -2.28. The van der Waals surface area contributed by atoms with Crippen LogP contribution in [0.3, 0.4) is 0 Å². The van der Waals surface area contributed by atoms with Crippen LogP contribution in [0.15, 0.2) is 413 Å². The Hall–Kier alpha value is -16.5. The lowest BCUT2D eigenvalue weighted by molar-refractivity contribution is 1.14. The van der Waals surface area contributed by atoms with Crippen LogP contribution in [0.2, 0.25) is 0 Å². The number of para-hydroxylation sites is 6. The van der Waals surface area contributed by atoms with Crippen molar-refractivity contribution in [3.05, 3.63) is 424 Å². The first-order chi connectivity index (χ1) is 65.5. The summed E-state index contributed by atoms with van der Waals surface area (Å²) in [6.45, 7) is 0. The summed E-state index contributed by atoms with van der Waals surface area (Å²) < 4.78 is 19.4. The summed E-state index contributed by atoms with van der Waals surface area (Å²) in [4.78, 5) is 0. The highest BCUT2D eigenvalue weighted by atomic mass is 32.1. The van der Waals surface area contributed by atoms with Crippen LogP contribution >= 0.6 is 45.3 Å². The Morgan fingerprint density at radius 2 is 0.417 bits per heavy atom. The van der Waals surface area contributed by atoms with Gasteiger partial charge in [-0.2, -0.15) is 10.5 Å². The van der Waals surface area contributed by atoms with Crippen molar-refractivity contribution in [2.24, 2.45) is 0 Å². The second-order valence-corrected chi connectivity index (χ2v) is 38.7. The topological polar surface area (TPSA) is 67.3 Å². The molecule has 0 aliphatic heterocycles. The van der Waals surface area contributed by atoms with Gasteiger partial charge in [0.05, 0.1) is 78.0 Å². The van der Waals surface area contributed by atoms with E-state index in [0.717, 1.165) is 219 Å². The molecule has 0 spiro atoms. The first-order valence-electron chi connectivity index (χ1n) is 44.5. The Balaban J connectivity index is 0.743. The Bertz CT molecular complexity index is 9870. The van der Waals surface area contributed by atoms with Gasteiger partial charge < -0.3 is 18.3 Å². The smallest absolute Gasteiger partial charge is 0.101 e. The predicted octanol–water partition coefficient (Wildman–Crippen LogP) is 35.0. The molecule has 0 N–H and O–H groups in total. The lowest BCUT2D eigenvalue weighted by Crippen LogP contribution is -2.11. The third-order valence-corrected chi connectivity index (χ3v) is 32.4. The van der Waals surface area contributed by atoms with Gasteiger partial charge in [0, 0.05) is 168 Å². The number of benzene rings is 20.